The molecule has 31 heavy (non-hydrogen) atoms. The Balaban J connectivity index is 1.70. The van der Waals surface area contributed by atoms with Crippen molar-refractivity contribution in [1.82, 2.24) is 9.97 Å². The Kier molecular flexibility index (Phi) is 6.37. The zero-order valence-electron chi connectivity index (χ0n) is 18.5. The van der Waals surface area contributed by atoms with E-state index in [9.17, 15) is 0 Å². The SMILES string of the molecule is CCOc1ccc(-c2csc3ncnc(Nc4ccc(N(CC)CC)cc4C)c23)cc1. The molecular formula is C25H28N4OS. The van der Waals surface area contributed by atoms with Crippen LogP contribution in [0.15, 0.2) is 54.2 Å². The van der Waals surface area contributed by atoms with Crippen molar-refractivity contribution in [2.75, 3.05) is 29.9 Å². The summed E-state index contributed by atoms with van der Waals surface area (Å²) in [5.74, 6) is 1.71. The maximum atomic E-state index is 5.59. The summed E-state index contributed by atoms with van der Waals surface area (Å²) in [6.07, 6.45) is 1.63. The van der Waals surface area contributed by atoms with Crippen molar-refractivity contribution in [3.63, 3.8) is 0 Å². The predicted octanol–water partition coefficient (Wildman–Crippen LogP) is 6.66. The summed E-state index contributed by atoms with van der Waals surface area (Å²) in [7, 11) is 0. The van der Waals surface area contributed by atoms with Gasteiger partial charge < -0.3 is 15.0 Å². The largest absolute Gasteiger partial charge is 0.494 e. The Hall–Kier alpha value is -3.12. The van der Waals surface area contributed by atoms with Crippen LogP contribution >= 0.6 is 11.3 Å². The molecule has 5 nitrogen and oxygen atoms in total. The third kappa shape index (κ3) is 4.35. The van der Waals surface area contributed by atoms with E-state index < -0.39 is 0 Å². The molecule has 2 aromatic heterocycles. The molecule has 0 fully saturated rings. The van der Waals surface area contributed by atoms with Crippen LogP contribution in [0.25, 0.3) is 21.3 Å². The van der Waals surface area contributed by atoms with Gasteiger partial charge in [0.25, 0.3) is 0 Å². The normalized spacial score (nSPS) is 11.0. The zero-order valence-corrected chi connectivity index (χ0v) is 19.3. The molecule has 0 saturated carbocycles. The lowest BCUT2D eigenvalue weighted by Gasteiger charge is -2.22. The summed E-state index contributed by atoms with van der Waals surface area (Å²) >= 11 is 1.64. The van der Waals surface area contributed by atoms with Crippen molar-refractivity contribution >= 4 is 38.7 Å². The van der Waals surface area contributed by atoms with Gasteiger partial charge in [0.2, 0.25) is 0 Å². The molecule has 0 aliphatic heterocycles. The zero-order chi connectivity index (χ0) is 21.8. The third-order valence-corrected chi connectivity index (χ3v) is 6.32. The maximum Gasteiger partial charge on any atom is 0.143 e. The lowest BCUT2D eigenvalue weighted by atomic mass is 10.1. The van der Waals surface area contributed by atoms with Crippen molar-refractivity contribution in [3.05, 3.63) is 59.7 Å². The van der Waals surface area contributed by atoms with E-state index in [1.165, 1.54) is 11.3 Å². The van der Waals surface area contributed by atoms with Gasteiger partial charge in [-0.2, -0.15) is 0 Å². The van der Waals surface area contributed by atoms with E-state index in [-0.39, 0.29) is 0 Å². The summed E-state index contributed by atoms with van der Waals surface area (Å²) in [5.41, 5.74) is 5.74. The van der Waals surface area contributed by atoms with Crippen LogP contribution in [-0.4, -0.2) is 29.7 Å². The fourth-order valence-electron chi connectivity index (χ4n) is 3.78. The van der Waals surface area contributed by atoms with E-state index in [0.29, 0.717) is 6.61 Å². The number of thiophene rings is 1. The van der Waals surface area contributed by atoms with Crippen LogP contribution in [0.3, 0.4) is 0 Å². The van der Waals surface area contributed by atoms with Crippen LogP contribution < -0.4 is 15.0 Å². The molecule has 1 N–H and O–H groups in total. The monoisotopic (exact) mass is 432 g/mol. The van der Waals surface area contributed by atoms with E-state index in [4.69, 9.17) is 4.74 Å². The summed E-state index contributed by atoms with van der Waals surface area (Å²) in [5, 5.41) is 6.75. The fraction of sp³-hybridized carbons (Fsp3) is 0.280. The van der Waals surface area contributed by atoms with E-state index >= 15 is 0 Å². The van der Waals surface area contributed by atoms with Crippen LogP contribution in [0.4, 0.5) is 17.2 Å². The smallest absolute Gasteiger partial charge is 0.143 e. The molecule has 0 saturated heterocycles. The number of nitrogens with one attached hydrogen (secondary N) is 1. The van der Waals surface area contributed by atoms with Gasteiger partial charge in [0.1, 0.15) is 22.7 Å². The fourth-order valence-corrected chi connectivity index (χ4v) is 4.70. The lowest BCUT2D eigenvalue weighted by molar-refractivity contribution is 0.340. The Morgan fingerprint density at radius 3 is 2.45 bits per heavy atom. The molecule has 0 amide bonds. The molecule has 4 rings (SSSR count). The quantitative estimate of drug-likeness (QED) is 0.337. The number of hydrogen-bond donors (Lipinski definition) is 1. The van der Waals surface area contributed by atoms with Gasteiger partial charge in [-0.05, 0) is 69.2 Å². The molecule has 4 aromatic rings. The second-order valence-corrected chi connectivity index (χ2v) is 8.16. The number of aryl methyl sites for hydroxylation is 1. The summed E-state index contributed by atoms with van der Waals surface area (Å²) in [4.78, 5) is 12.4. The Labute approximate surface area is 187 Å². The van der Waals surface area contributed by atoms with Crippen LogP contribution in [-0.2, 0) is 0 Å². The van der Waals surface area contributed by atoms with Crippen LogP contribution in [0.2, 0.25) is 0 Å². The first-order chi connectivity index (χ1) is 15.1. The highest BCUT2D eigenvalue weighted by molar-refractivity contribution is 7.17. The average Bonchev–Trinajstić information content (AvgIpc) is 3.22. The molecule has 0 spiro atoms. The molecule has 0 aliphatic carbocycles. The molecule has 6 heteroatoms. The number of benzene rings is 2. The molecule has 0 aliphatic rings. The number of ether oxygens (including phenoxy) is 1. The van der Waals surface area contributed by atoms with E-state index in [1.807, 2.05) is 19.1 Å². The summed E-state index contributed by atoms with van der Waals surface area (Å²) < 4.78 is 5.59. The average molecular weight is 433 g/mol. The van der Waals surface area contributed by atoms with Gasteiger partial charge in [-0.1, -0.05) is 12.1 Å². The van der Waals surface area contributed by atoms with Gasteiger partial charge in [-0.15, -0.1) is 11.3 Å². The highest BCUT2D eigenvalue weighted by Gasteiger charge is 2.14. The molecule has 0 unspecified atom stereocenters. The van der Waals surface area contributed by atoms with E-state index in [1.54, 1.807) is 17.7 Å². The molecule has 0 atom stereocenters. The van der Waals surface area contributed by atoms with Crippen molar-refractivity contribution in [2.45, 2.75) is 27.7 Å². The van der Waals surface area contributed by atoms with Gasteiger partial charge in [-0.25, -0.2) is 9.97 Å². The number of nitrogens with zero attached hydrogens (tertiary/aromatic N) is 3. The van der Waals surface area contributed by atoms with Crippen molar-refractivity contribution in [3.8, 4) is 16.9 Å². The number of hydrogen-bond acceptors (Lipinski definition) is 6. The van der Waals surface area contributed by atoms with Crippen LogP contribution in [0.5, 0.6) is 5.75 Å². The standard InChI is InChI=1S/C25H28N4OS/c1-5-29(6-2)19-10-13-22(17(4)14-19)28-24-23-21(15-31-25(23)27-16-26-24)18-8-11-20(12-9-18)30-7-3/h8-16H,5-7H2,1-4H3,(H,26,27,28). The highest BCUT2D eigenvalue weighted by Crippen LogP contribution is 2.38. The van der Waals surface area contributed by atoms with Gasteiger partial charge in [0.15, 0.2) is 0 Å². The first kappa shape index (κ1) is 21.1. The van der Waals surface area contributed by atoms with Crippen molar-refractivity contribution in [2.24, 2.45) is 0 Å². The topological polar surface area (TPSA) is 50.3 Å². The Morgan fingerprint density at radius 1 is 1.00 bits per heavy atom. The maximum absolute atomic E-state index is 5.59. The van der Waals surface area contributed by atoms with Gasteiger partial charge in [0.05, 0.1) is 12.0 Å². The minimum atomic E-state index is 0.662. The van der Waals surface area contributed by atoms with E-state index in [0.717, 1.165) is 51.7 Å². The Morgan fingerprint density at radius 2 is 1.77 bits per heavy atom. The lowest BCUT2D eigenvalue weighted by Crippen LogP contribution is -2.21. The van der Waals surface area contributed by atoms with Gasteiger partial charge in [0, 0.05) is 35.4 Å². The van der Waals surface area contributed by atoms with Gasteiger partial charge in [-0.3, -0.25) is 0 Å². The van der Waals surface area contributed by atoms with E-state index in [2.05, 4.69) is 76.7 Å². The molecule has 2 heterocycles. The molecule has 2 aromatic carbocycles. The number of rotatable bonds is 8. The minimum Gasteiger partial charge on any atom is -0.494 e. The molecule has 0 bridgehead atoms. The number of anilines is 3. The number of fused-ring (bicyclic) bond motifs is 1. The van der Waals surface area contributed by atoms with Crippen LogP contribution in [0.1, 0.15) is 26.3 Å². The van der Waals surface area contributed by atoms with Crippen molar-refractivity contribution < 1.29 is 4.74 Å². The summed E-state index contributed by atoms with van der Waals surface area (Å²) in [6, 6.07) is 14.7. The third-order valence-electron chi connectivity index (χ3n) is 5.44. The first-order valence-corrected chi connectivity index (χ1v) is 11.6. The van der Waals surface area contributed by atoms with Gasteiger partial charge >= 0.3 is 0 Å². The predicted molar refractivity (Wildman–Crippen MR) is 132 cm³/mol. The Bertz CT molecular complexity index is 1170. The molecule has 160 valence electrons. The van der Waals surface area contributed by atoms with Crippen molar-refractivity contribution in [1.29, 1.82) is 0 Å². The molecule has 0 radical (unpaired) electrons. The minimum absolute atomic E-state index is 0.662. The summed E-state index contributed by atoms with van der Waals surface area (Å²) in [6.45, 7) is 11.1. The van der Waals surface area contributed by atoms with Crippen LogP contribution in [0, 0.1) is 6.92 Å². The second kappa shape index (κ2) is 9.35. The molecular weight excluding hydrogens is 404 g/mol. The second-order valence-electron chi connectivity index (χ2n) is 7.31. The first-order valence-electron chi connectivity index (χ1n) is 10.7. The highest BCUT2D eigenvalue weighted by atomic mass is 32.1. The number of aromatic nitrogens is 2.